The van der Waals surface area contributed by atoms with Gasteiger partial charge in [-0.3, -0.25) is 9.59 Å². The van der Waals surface area contributed by atoms with Gasteiger partial charge in [-0.2, -0.15) is 0 Å². The van der Waals surface area contributed by atoms with Crippen LogP contribution >= 0.6 is 0 Å². The summed E-state index contributed by atoms with van der Waals surface area (Å²) in [5.74, 6) is 0.547. The molecule has 2 fully saturated rings. The molecule has 0 aromatic carbocycles. The van der Waals surface area contributed by atoms with Gasteiger partial charge in [0.05, 0.1) is 0 Å². The summed E-state index contributed by atoms with van der Waals surface area (Å²) >= 11 is 0. The molecule has 102 valence electrons. The average Bonchev–Trinajstić information content (AvgIpc) is 2.34. The number of rotatable bonds is 2. The molecule has 4 nitrogen and oxygen atoms in total. The van der Waals surface area contributed by atoms with E-state index < -0.39 is 5.54 Å². The van der Waals surface area contributed by atoms with Crippen molar-refractivity contribution in [3.63, 3.8) is 0 Å². The summed E-state index contributed by atoms with van der Waals surface area (Å²) in [7, 11) is 0. The van der Waals surface area contributed by atoms with Gasteiger partial charge in [0.1, 0.15) is 11.6 Å². The normalized spacial score (nSPS) is 27.8. The van der Waals surface area contributed by atoms with Crippen LogP contribution in [0.5, 0.6) is 0 Å². The van der Waals surface area contributed by atoms with E-state index in [-0.39, 0.29) is 17.9 Å². The zero-order valence-electron chi connectivity index (χ0n) is 11.7. The molecular formula is C14H24N2O2. The summed E-state index contributed by atoms with van der Waals surface area (Å²) in [6.07, 6.45) is 4.91. The number of hydrogen-bond donors (Lipinski definition) is 1. The monoisotopic (exact) mass is 252 g/mol. The number of piperazine rings is 1. The maximum atomic E-state index is 12.4. The van der Waals surface area contributed by atoms with Gasteiger partial charge < -0.3 is 10.2 Å². The molecule has 0 aromatic rings. The summed E-state index contributed by atoms with van der Waals surface area (Å²) in [4.78, 5) is 26.7. The van der Waals surface area contributed by atoms with Crippen LogP contribution in [0, 0.1) is 5.92 Å². The lowest BCUT2D eigenvalue weighted by Crippen LogP contribution is -2.71. The Morgan fingerprint density at radius 1 is 1.28 bits per heavy atom. The first-order chi connectivity index (χ1) is 8.47. The standard InChI is InChI=1S/C14H24N2O2/c1-10(2)9-16-12(17)11(3)15-13(18)14(16)7-5-4-6-8-14/h10-11H,4-9H2,1-3H3,(H,15,18). The number of carbonyl (C=O) groups is 2. The molecule has 0 aromatic heterocycles. The van der Waals surface area contributed by atoms with Gasteiger partial charge in [0.25, 0.3) is 0 Å². The van der Waals surface area contributed by atoms with Crippen LogP contribution in [0.4, 0.5) is 0 Å². The van der Waals surface area contributed by atoms with Crippen LogP contribution in [0.25, 0.3) is 0 Å². The van der Waals surface area contributed by atoms with Crippen molar-refractivity contribution < 1.29 is 9.59 Å². The van der Waals surface area contributed by atoms with E-state index in [1.807, 2.05) is 4.90 Å². The Hall–Kier alpha value is -1.06. The van der Waals surface area contributed by atoms with Crippen LogP contribution in [-0.4, -0.2) is 34.8 Å². The highest BCUT2D eigenvalue weighted by molar-refractivity contribution is 5.99. The van der Waals surface area contributed by atoms with Crippen LogP contribution in [0.15, 0.2) is 0 Å². The molecule has 1 aliphatic heterocycles. The fourth-order valence-electron chi connectivity index (χ4n) is 3.22. The van der Waals surface area contributed by atoms with Crippen molar-refractivity contribution in [2.75, 3.05) is 6.54 Å². The number of carbonyl (C=O) groups excluding carboxylic acids is 2. The van der Waals surface area contributed by atoms with Gasteiger partial charge in [-0.05, 0) is 25.7 Å². The Morgan fingerprint density at radius 2 is 1.89 bits per heavy atom. The highest BCUT2D eigenvalue weighted by Gasteiger charge is 2.51. The molecule has 2 amide bonds. The average molecular weight is 252 g/mol. The van der Waals surface area contributed by atoms with E-state index in [4.69, 9.17) is 0 Å². The molecule has 2 rings (SSSR count). The molecule has 18 heavy (non-hydrogen) atoms. The van der Waals surface area contributed by atoms with E-state index in [1.165, 1.54) is 6.42 Å². The molecular weight excluding hydrogens is 228 g/mol. The zero-order chi connectivity index (χ0) is 13.3. The second-order valence-electron chi connectivity index (χ2n) is 6.13. The number of amides is 2. The molecule has 1 spiro atoms. The quantitative estimate of drug-likeness (QED) is 0.813. The van der Waals surface area contributed by atoms with Gasteiger partial charge in [-0.1, -0.05) is 33.1 Å². The minimum atomic E-state index is -0.549. The molecule has 1 heterocycles. The van der Waals surface area contributed by atoms with E-state index in [2.05, 4.69) is 19.2 Å². The minimum Gasteiger partial charge on any atom is -0.343 e. The maximum absolute atomic E-state index is 12.4. The molecule has 1 saturated carbocycles. The topological polar surface area (TPSA) is 49.4 Å². The summed E-state index contributed by atoms with van der Waals surface area (Å²) < 4.78 is 0. The van der Waals surface area contributed by atoms with Crippen molar-refractivity contribution in [1.29, 1.82) is 0 Å². The van der Waals surface area contributed by atoms with Gasteiger partial charge >= 0.3 is 0 Å². The van der Waals surface area contributed by atoms with Crippen molar-refractivity contribution in [2.45, 2.75) is 64.5 Å². The molecule has 0 radical (unpaired) electrons. The molecule has 1 saturated heterocycles. The first-order valence-corrected chi connectivity index (χ1v) is 7.10. The summed E-state index contributed by atoms with van der Waals surface area (Å²) in [5, 5.41) is 2.86. The van der Waals surface area contributed by atoms with Crippen molar-refractivity contribution in [2.24, 2.45) is 5.92 Å². The minimum absolute atomic E-state index is 0.0648. The molecule has 2 aliphatic rings. The Bertz CT molecular complexity index is 346. The van der Waals surface area contributed by atoms with Crippen molar-refractivity contribution >= 4 is 11.8 Å². The first-order valence-electron chi connectivity index (χ1n) is 7.10. The molecule has 1 atom stereocenters. The molecule has 1 aliphatic carbocycles. The lowest BCUT2D eigenvalue weighted by atomic mass is 9.77. The highest BCUT2D eigenvalue weighted by atomic mass is 16.2. The predicted molar refractivity (Wildman–Crippen MR) is 70.0 cm³/mol. The maximum Gasteiger partial charge on any atom is 0.246 e. The van der Waals surface area contributed by atoms with Gasteiger partial charge in [0.2, 0.25) is 11.8 Å². The number of nitrogens with zero attached hydrogens (tertiary/aromatic N) is 1. The molecule has 4 heteroatoms. The summed E-state index contributed by atoms with van der Waals surface area (Å²) in [6, 6.07) is -0.371. The van der Waals surface area contributed by atoms with E-state index in [9.17, 15) is 9.59 Å². The van der Waals surface area contributed by atoms with Crippen molar-refractivity contribution in [1.82, 2.24) is 10.2 Å². The number of hydrogen-bond acceptors (Lipinski definition) is 2. The SMILES string of the molecule is CC(C)CN1C(=O)C(C)NC(=O)C12CCCCC2. The van der Waals surface area contributed by atoms with E-state index in [0.29, 0.717) is 12.5 Å². The van der Waals surface area contributed by atoms with Crippen LogP contribution in [-0.2, 0) is 9.59 Å². The number of nitrogens with one attached hydrogen (secondary N) is 1. The van der Waals surface area contributed by atoms with E-state index in [0.717, 1.165) is 25.7 Å². The Morgan fingerprint density at radius 3 is 2.44 bits per heavy atom. The third-order valence-corrected chi connectivity index (χ3v) is 4.15. The summed E-state index contributed by atoms with van der Waals surface area (Å²) in [6.45, 7) is 6.67. The first kappa shape index (κ1) is 13.4. The summed E-state index contributed by atoms with van der Waals surface area (Å²) in [5.41, 5.74) is -0.549. The Kier molecular flexibility index (Phi) is 3.64. The predicted octanol–water partition coefficient (Wildman–Crippen LogP) is 1.69. The van der Waals surface area contributed by atoms with E-state index in [1.54, 1.807) is 6.92 Å². The fourth-order valence-corrected chi connectivity index (χ4v) is 3.22. The zero-order valence-corrected chi connectivity index (χ0v) is 11.7. The smallest absolute Gasteiger partial charge is 0.246 e. The fraction of sp³-hybridized carbons (Fsp3) is 0.857. The molecule has 0 bridgehead atoms. The van der Waals surface area contributed by atoms with Crippen LogP contribution in [0.2, 0.25) is 0 Å². The van der Waals surface area contributed by atoms with Gasteiger partial charge in [-0.15, -0.1) is 0 Å². The van der Waals surface area contributed by atoms with Gasteiger partial charge in [0.15, 0.2) is 0 Å². The molecule has 1 N–H and O–H groups in total. The third kappa shape index (κ3) is 2.13. The van der Waals surface area contributed by atoms with Gasteiger partial charge in [0, 0.05) is 6.54 Å². The van der Waals surface area contributed by atoms with Crippen LogP contribution in [0.3, 0.4) is 0 Å². The third-order valence-electron chi connectivity index (χ3n) is 4.15. The van der Waals surface area contributed by atoms with Gasteiger partial charge in [-0.25, -0.2) is 0 Å². The largest absolute Gasteiger partial charge is 0.343 e. The Balaban J connectivity index is 2.31. The highest BCUT2D eigenvalue weighted by Crippen LogP contribution is 2.37. The van der Waals surface area contributed by atoms with E-state index >= 15 is 0 Å². The Labute approximate surface area is 109 Å². The lowest BCUT2D eigenvalue weighted by Gasteiger charge is -2.50. The molecule has 1 unspecified atom stereocenters. The van der Waals surface area contributed by atoms with Crippen molar-refractivity contribution in [3.05, 3.63) is 0 Å². The van der Waals surface area contributed by atoms with Crippen molar-refractivity contribution in [3.8, 4) is 0 Å². The second kappa shape index (κ2) is 4.90. The second-order valence-corrected chi connectivity index (χ2v) is 6.13. The van der Waals surface area contributed by atoms with Crippen LogP contribution in [0.1, 0.15) is 52.9 Å². The lowest BCUT2D eigenvalue weighted by molar-refractivity contribution is -0.160. The van der Waals surface area contributed by atoms with Crippen LogP contribution < -0.4 is 5.32 Å².